The molecule has 0 saturated heterocycles. The van der Waals surface area contributed by atoms with E-state index in [4.69, 9.17) is 25.9 Å². The van der Waals surface area contributed by atoms with Crippen LogP contribution in [-0.4, -0.2) is 79.3 Å². The number of rotatable bonds is 17. The molecule has 1 unspecified atom stereocenters. The highest BCUT2D eigenvalue weighted by Crippen LogP contribution is 2.27. The van der Waals surface area contributed by atoms with Crippen molar-refractivity contribution in [2.45, 2.75) is 97.5 Å². The SMILES string of the molecule is C=C(C)C(=O)OCCCOCC(O)C[Si](C)(C)O[Si](C)(C)O[Si](C)(C)O[Si](C)(C)O[Si](C)(C)C. The second-order valence-electron chi connectivity index (χ2n) is 11.7. The Kier molecular flexibility index (Phi) is 13.6. The van der Waals surface area contributed by atoms with E-state index in [0.29, 0.717) is 24.6 Å². The van der Waals surface area contributed by atoms with Crippen LogP contribution in [0.5, 0.6) is 0 Å². The zero-order valence-corrected chi connectivity index (χ0v) is 28.6. The Morgan fingerprint density at radius 1 is 0.794 bits per heavy atom. The molecule has 0 aromatic heterocycles. The number of carbonyl (C=O) groups excluding carboxylic acids is 1. The van der Waals surface area contributed by atoms with Gasteiger partial charge >= 0.3 is 31.7 Å². The maximum absolute atomic E-state index is 11.3. The summed E-state index contributed by atoms with van der Waals surface area (Å²) in [7, 11) is -11.2. The summed E-state index contributed by atoms with van der Waals surface area (Å²) in [5.41, 5.74) is 0.377. The second-order valence-corrected chi connectivity index (χ2v) is 31.5. The molecule has 0 spiro atoms. The van der Waals surface area contributed by atoms with Crippen LogP contribution in [0.4, 0.5) is 0 Å². The predicted molar refractivity (Wildman–Crippen MR) is 150 cm³/mol. The van der Waals surface area contributed by atoms with Crippen molar-refractivity contribution >= 4 is 48.3 Å². The van der Waals surface area contributed by atoms with E-state index in [1.165, 1.54) is 0 Å². The van der Waals surface area contributed by atoms with E-state index in [1.54, 1.807) is 6.92 Å². The van der Waals surface area contributed by atoms with Gasteiger partial charge in [-0.1, -0.05) is 6.58 Å². The summed E-state index contributed by atoms with van der Waals surface area (Å²) >= 11 is 0. The van der Waals surface area contributed by atoms with Gasteiger partial charge in [0.1, 0.15) is 0 Å². The minimum Gasteiger partial charge on any atom is -0.462 e. The molecular formula is C21H50O8Si5. The monoisotopic (exact) mass is 570 g/mol. The summed E-state index contributed by atoms with van der Waals surface area (Å²) in [4.78, 5) is 11.3. The normalized spacial score (nSPS) is 14.7. The third-order valence-corrected chi connectivity index (χ3v) is 22.0. The van der Waals surface area contributed by atoms with Crippen LogP contribution in [-0.2, 0) is 30.7 Å². The van der Waals surface area contributed by atoms with Crippen LogP contribution < -0.4 is 0 Å². The molecule has 8 nitrogen and oxygen atoms in total. The molecular weight excluding hydrogens is 521 g/mol. The molecule has 0 saturated carbocycles. The highest BCUT2D eigenvalue weighted by Gasteiger charge is 2.45. The quantitative estimate of drug-likeness (QED) is 0.112. The first-order valence-electron chi connectivity index (χ1n) is 11.9. The van der Waals surface area contributed by atoms with E-state index >= 15 is 0 Å². The Bertz CT molecular complexity index is 662. The van der Waals surface area contributed by atoms with Crippen molar-refractivity contribution < 1.29 is 35.8 Å². The summed E-state index contributed by atoms with van der Waals surface area (Å²) in [6, 6.07) is 0.541. The molecule has 0 rings (SSSR count). The molecule has 0 aliphatic carbocycles. The minimum atomic E-state index is -2.50. The third kappa shape index (κ3) is 17.5. The lowest BCUT2D eigenvalue weighted by atomic mass is 10.4. The molecule has 1 atom stereocenters. The van der Waals surface area contributed by atoms with Gasteiger partial charge in [0.05, 0.1) is 19.3 Å². The summed E-state index contributed by atoms with van der Waals surface area (Å²) < 4.78 is 36.5. The first-order chi connectivity index (χ1) is 15.0. The Morgan fingerprint density at radius 3 is 1.74 bits per heavy atom. The Labute approximate surface area is 213 Å². The smallest absolute Gasteiger partial charge is 0.333 e. The number of esters is 1. The lowest BCUT2D eigenvalue weighted by molar-refractivity contribution is -0.139. The van der Waals surface area contributed by atoms with E-state index in [9.17, 15) is 9.90 Å². The van der Waals surface area contributed by atoms with Crippen LogP contribution >= 0.6 is 0 Å². The molecule has 0 fully saturated rings. The number of hydrogen-bond donors (Lipinski definition) is 1. The van der Waals surface area contributed by atoms with Gasteiger partial charge in [0, 0.05) is 18.6 Å². The average Bonchev–Trinajstić information content (AvgIpc) is 2.50. The fraction of sp³-hybridized carbons (Fsp3) is 0.857. The lowest BCUT2D eigenvalue weighted by Gasteiger charge is -2.42. The van der Waals surface area contributed by atoms with E-state index in [1.807, 2.05) is 13.1 Å². The molecule has 0 heterocycles. The highest BCUT2D eigenvalue weighted by molar-refractivity contribution is 6.90. The van der Waals surface area contributed by atoms with Crippen LogP contribution in [0.25, 0.3) is 0 Å². The summed E-state index contributed by atoms with van der Waals surface area (Å²) in [5.74, 6) is -0.398. The van der Waals surface area contributed by atoms with Gasteiger partial charge in [-0.2, -0.15) is 0 Å². The molecule has 0 radical (unpaired) electrons. The first-order valence-corrected chi connectivity index (χ1v) is 26.9. The van der Waals surface area contributed by atoms with Crippen molar-refractivity contribution in [2.24, 2.45) is 0 Å². The van der Waals surface area contributed by atoms with Crippen molar-refractivity contribution in [3.05, 3.63) is 12.2 Å². The number of ether oxygens (including phenoxy) is 2. The van der Waals surface area contributed by atoms with Gasteiger partial charge in [-0.3, -0.25) is 0 Å². The van der Waals surface area contributed by atoms with Crippen LogP contribution in [0, 0.1) is 0 Å². The van der Waals surface area contributed by atoms with Crippen molar-refractivity contribution in [3.63, 3.8) is 0 Å². The largest absolute Gasteiger partial charge is 0.462 e. The molecule has 202 valence electrons. The summed E-state index contributed by atoms with van der Waals surface area (Å²) in [6.07, 6.45) is -0.0557. The number of carbonyl (C=O) groups is 1. The number of aliphatic hydroxyl groups is 1. The average molecular weight is 571 g/mol. The molecule has 0 amide bonds. The Balaban J connectivity index is 4.61. The van der Waals surface area contributed by atoms with Crippen molar-refractivity contribution in [1.82, 2.24) is 0 Å². The standard InChI is InChI=1S/C21H50O8Si5/c1-19(2)21(23)25-16-14-15-24-17-20(22)18-31(6,7)27-33(10,11)29-34(12,13)28-32(8,9)26-30(3,4)5/h20,22H,1,14-18H2,2-13H3. The molecule has 0 aromatic rings. The fourth-order valence-corrected chi connectivity index (χ4v) is 27.9. The molecule has 13 heteroatoms. The van der Waals surface area contributed by atoms with Gasteiger partial charge in [-0.05, 0) is 85.0 Å². The third-order valence-electron chi connectivity index (χ3n) is 4.11. The topological polar surface area (TPSA) is 92.7 Å². The molecule has 0 bridgehead atoms. The van der Waals surface area contributed by atoms with Gasteiger partial charge in [0.2, 0.25) is 0 Å². The van der Waals surface area contributed by atoms with Gasteiger partial charge in [-0.15, -0.1) is 0 Å². The molecule has 34 heavy (non-hydrogen) atoms. The summed E-state index contributed by atoms with van der Waals surface area (Å²) in [6.45, 7) is 29.1. The second kappa shape index (κ2) is 13.6. The van der Waals surface area contributed by atoms with Gasteiger partial charge < -0.3 is 31.0 Å². The minimum absolute atomic E-state index is 0.217. The first kappa shape index (κ1) is 34.1. The molecule has 0 aliphatic rings. The maximum Gasteiger partial charge on any atom is 0.333 e. The highest BCUT2D eigenvalue weighted by atomic mass is 28.5. The van der Waals surface area contributed by atoms with Gasteiger partial charge in [0.25, 0.3) is 0 Å². The van der Waals surface area contributed by atoms with Crippen LogP contribution in [0.15, 0.2) is 12.2 Å². The van der Waals surface area contributed by atoms with E-state index in [2.05, 4.69) is 65.5 Å². The van der Waals surface area contributed by atoms with Crippen LogP contribution in [0.2, 0.25) is 78.1 Å². The maximum atomic E-state index is 11.3. The Hall–Kier alpha value is 0.0544. The summed E-state index contributed by atoms with van der Waals surface area (Å²) in [5, 5.41) is 10.5. The zero-order chi connectivity index (χ0) is 27.0. The van der Waals surface area contributed by atoms with E-state index in [0.717, 1.165) is 0 Å². The van der Waals surface area contributed by atoms with Crippen molar-refractivity contribution in [2.75, 3.05) is 19.8 Å². The van der Waals surface area contributed by atoms with E-state index in [-0.39, 0.29) is 13.2 Å². The predicted octanol–water partition coefficient (Wildman–Crippen LogP) is 5.09. The molecule has 1 N–H and O–H groups in total. The number of aliphatic hydroxyl groups excluding tert-OH is 1. The lowest BCUT2D eigenvalue weighted by Crippen LogP contribution is -2.58. The fourth-order valence-electron chi connectivity index (χ4n) is 3.99. The van der Waals surface area contributed by atoms with Gasteiger partial charge in [-0.25, -0.2) is 4.79 Å². The van der Waals surface area contributed by atoms with E-state index < -0.39 is 54.4 Å². The molecule has 0 aliphatic heterocycles. The number of hydrogen-bond acceptors (Lipinski definition) is 8. The van der Waals surface area contributed by atoms with Crippen molar-refractivity contribution in [1.29, 1.82) is 0 Å². The zero-order valence-electron chi connectivity index (χ0n) is 23.6. The molecule has 0 aromatic carbocycles. The van der Waals surface area contributed by atoms with Crippen molar-refractivity contribution in [3.8, 4) is 0 Å². The van der Waals surface area contributed by atoms with Crippen LogP contribution in [0.3, 0.4) is 0 Å². The Morgan fingerprint density at radius 2 is 1.26 bits per heavy atom. The van der Waals surface area contributed by atoms with Crippen LogP contribution in [0.1, 0.15) is 13.3 Å². The van der Waals surface area contributed by atoms with Gasteiger partial charge in [0.15, 0.2) is 16.6 Å².